The highest BCUT2D eigenvalue weighted by Crippen LogP contribution is 2.42. The minimum Gasteiger partial charge on any atom is -0.444 e. The number of hydrogen-bond donors (Lipinski definition) is 1. The molecule has 3 heterocycles. The molecule has 0 spiro atoms. The average molecular weight is 400 g/mol. The Labute approximate surface area is 170 Å². The fourth-order valence-electron chi connectivity index (χ4n) is 4.43. The minimum atomic E-state index is -1.04. The Balaban J connectivity index is 1.40. The molecule has 3 aliphatic rings. The van der Waals surface area contributed by atoms with E-state index in [0.717, 1.165) is 18.4 Å². The van der Waals surface area contributed by atoms with Crippen LogP contribution >= 0.6 is 0 Å². The van der Waals surface area contributed by atoms with Crippen LogP contribution in [-0.4, -0.2) is 47.6 Å². The number of carbonyl (C=O) groups is 3. The Kier molecular flexibility index (Phi) is 4.89. The summed E-state index contributed by atoms with van der Waals surface area (Å²) in [6, 6.07) is 7.96. The van der Waals surface area contributed by atoms with Gasteiger partial charge in [-0.1, -0.05) is 24.3 Å². The fraction of sp³-hybridized carbons (Fsp3) is 0.591. The molecular formula is C22H28N2O5. The fourth-order valence-corrected chi connectivity index (χ4v) is 4.43. The van der Waals surface area contributed by atoms with Crippen LogP contribution in [0.15, 0.2) is 24.3 Å². The number of morpholine rings is 1. The maximum absolute atomic E-state index is 12.5. The molecule has 0 aliphatic carbocycles. The van der Waals surface area contributed by atoms with E-state index in [0.29, 0.717) is 31.8 Å². The molecule has 3 fully saturated rings. The van der Waals surface area contributed by atoms with E-state index in [9.17, 15) is 14.4 Å². The highest BCUT2D eigenvalue weighted by molar-refractivity contribution is 6.04. The summed E-state index contributed by atoms with van der Waals surface area (Å²) in [6.45, 7) is 6.95. The van der Waals surface area contributed by atoms with Crippen LogP contribution in [0.4, 0.5) is 4.79 Å². The number of amides is 3. The van der Waals surface area contributed by atoms with E-state index >= 15 is 0 Å². The van der Waals surface area contributed by atoms with Gasteiger partial charge in [-0.25, -0.2) is 4.79 Å². The predicted molar refractivity (Wildman–Crippen MR) is 105 cm³/mol. The predicted octanol–water partition coefficient (Wildman–Crippen LogP) is 2.83. The Hall–Kier alpha value is -2.41. The summed E-state index contributed by atoms with van der Waals surface area (Å²) in [7, 11) is 0. The van der Waals surface area contributed by atoms with Crippen molar-refractivity contribution in [3.8, 4) is 0 Å². The molecule has 156 valence electrons. The summed E-state index contributed by atoms with van der Waals surface area (Å²) < 4.78 is 11.3. The number of piperidine rings is 1. The molecule has 1 aromatic carbocycles. The van der Waals surface area contributed by atoms with Crippen LogP contribution in [0.1, 0.15) is 63.5 Å². The molecule has 29 heavy (non-hydrogen) atoms. The Bertz CT molecular complexity index is 821. The molecule has 2 unspecified atom stereocenters. The first-order chi connectivity index (χ1) is 13.7. The first kappa shape index (κ1) is 19.9. The Morgan fingerprint density at radius 2 is 1.79 bits per heavy atom. The van der Waals surface area contributed by atoms with Crippen LogP contribution in [0.25, 0.3) is 0 Å². The summed E-state index contributed by atoms with van der Waals surface area (Å²) in [5, 5.41) is 2.44. The van der Waals surface area contributed by atoms with Crippen molar-refractivity contribution in [3.05, 3.63) is 35.4 Å². The maximum Gasteiger partial charge on any atom is 0.410 e. The van der Waals surface area contributed by atoms with Gasteiger partial charge in [0.25, 0.3) is 11.8 Å². The molecule has 0 radical (unpaired) electrons. The third kappa shape index (κ3) is 3.75. The lowest BCUT2D eigenvalue weighted by atomic mass is 9.85. The lowest BCUT2D eigenvalue weighted by Crippen LogP contribution is -2.54. The normalized spacial score (nSPS) is 27.7. The number of ether oxygens (including phenoxy) is 2. The number of imide groups is 1. The molecule has 2 bridgehead atoms. The summed E-state index contributed by atoms with van der Waals surface area (Å²) in [4.78, 5) is 38.2. The highest BCUT2D eigenvalue weighted by atomic mass is 16.6. The largest absolute Gasteiger partial charge is 0.444 e. The van der Waals surface area contributed by atoms with Crippen LogP contribution in [0.5, 0.6) is 0 Å². The van der Waals surface area contributed by atoms with Crippen LogP contribution in [0, 0.1) is 0 Å². The zero-order valence-corrected chi connectivity index (χ0v) is 17.2. The number of nitrogens with one attached hydrogen (secondary N) is 1. The van der Waals surface area contributed by atoms with Crippen LogP contribution in [0.2, 0.25) is 0 Å². The van der Waals surface area contributed by atoms with Crippen molar-refractivity contribution in [2.75, 3.05) is 13.1 Å². The van der Waals surface area contributed by atoms with Crippen molar-refractivity contribution in [3.63, 3.8) is 0 Å². The molecule has 2 atom stereocenters. The summed E-state index contributed by atoms with van der Waals surface area (Å²) in [5.74, 6) is -0.342. The highest BCUT2D eigenvalue weighted by Gasteiger charge is 2.54. The van der Waals surface area contributed by atoms with E-state index in [1.165, 1.54) is 5.56 Å². The molecule has 1 N–H and O–H groups in total. The van der Waals surface area contributed by atoms with Crippen molar-refractivity contribution in [1.82, 2.24) is 10.2 Å². The smallest absolute Gasteiger partial charge is 0.410 e. The Morgan fingerprint density at radius 3 is 2.41 bits per heavy atom. The molecule has 1 aromatic rings. The molecule has 4 rings (SSSR count). The zero-order valence-electron chi connectivity index (χ0n) is 17.2. The van der Waals surface area contributed by atoms with Gasteiger partial charge in [0, 0.05) is 13.1 Å². The summed E-state index contributed by atoms with van der Waals surface area (Å²) in [5.41, 5.74) is 0.452. The Morgan fingerprint density at radius 1 is 1.14 bits per heavy atom. The van der Waals surface area contributed by atoms with Gasteiger partial charge in [0.2, 0.25) is 0 Å². The average Bonchev–Trinajstić information content (AvgIpc) is 3.09. The monoisotopic (exact) mass is 400 g/mol. The summed E-state index contributed by atoms with van der Waals surface area (Å²) >= 11 is 0. The number of rotatable bonds is 2. The molecular weight excluding hydrogens is 372 g/mol. The second-order valence-corrected chi connectivity index (χ2v) is 9.15. The van der Waals surface area contributed by atoms with Gasteiger partial charge in [-0.3, -0.25) is 14.9 Å². The molecule has 3 aliphatic heterocycles. The number of hydrogen-bond acceptors (Lipinski definition) is 5. The lowest BCUT2D eigenvalue weighted by Gasteiger charge is -2.34. The maximum atomic E-state index is 12.5. The van der Waals surface area contributed by atoms with Gasteiger partial charge in [0.15, 0.2) is 5.60 Å². The van der Waals surface area contributed by atoms with Crippen LogP contribution < -0.4 is 5.32 Å². The molecule has 7 nitrogen and oxygen atoms in total. The molecule has 3 amide bonds. The number of fused-ring (bicyclic) bond motifs is 2. The van der Waals surface area contributed by atoms with E-state index in [1.807, 2.05) is 45.0 Å². The first-order valence-electron chi connectivity index (χ1n) is 10.3. The minimum absolute atomic E-state index is 0.254. The van der Waals surface area contributed by atoms with Gasteiger partial charge >= 0.3 is 6.09 Å². The third-order valence-electron chi connectivity index (χ3n) is 5.99. The van der Waals surface area contributed by atoms with Gasteiger partial charge in [-0.15, -0.1) is 0 Å². The second kappa shape index (κ2) is 7.13. The summed E-state index contributed by atoms with van der Waals surface area (Å²) in [6.07, 6.45) is 2.03. The van der Waals surface area contributed by atoms with Gasteiger partial charge in [0.1, 0.15) is 11.7 Å². The standard InChI is InChI=1S/C22H28N2O5/c1-21(2,3)29-20(27)24-12-9-15(10-13-24)14-4-6-16(7-5-14)22-11-8-17(28-22)18(25)23-19(22)26/h4-7,15,17H,8-13H2,1-3H3,(H,23,25,26). The SMILES string of the molecule is CC(C)(C)OC(=O)N1CCC(c2ccc(C34CCC(O3)C(=O)NC4=O)cc2)CC1. The lowest BCUT2D eigenvalue weighted by molar-refractivity contribution is -0.165. The van der Waals surface area contributed by atoms with E-state index < -0.39 is 17.3 Å². The van der Waals surface area contributed by atoms with Gasteiger partial charge in [-0.2, -0.15) is 0 Å². The topological polar surface area (TPSA) is 84.9 Å². The van der Waals surface area contributed by atoms with Crippen molar-refractivity contribution in [1.29, 1.82) is 0 Å². The van der Waals surface area contributed by atoms with E-state index in [2.05, 4.69) is 5.32 Å². The second-order valence-electron chi connectivity index (χ2n) is 9.15. The number of nitrogens with zero attached hydrogens (tertiary/aromatic N) is 1. The number of carbonyl (C=O) groups excluding carboxylic acids is 3. The third-order valence-corrected chi connectivity index (χ3v) is 5.99. The zero-order chi connectivity index (χ0) is 20.8. The molecule has 3 saturated heterocycles. The molecule has 0 aromatic heterocycles. The van der Waals surface area contributed by atoms with Crippen LogP contribution in [-0.2, 0) is 24.7 Å². The van der Waals surface area contributed by atoms with Crippen LogP contribution in [0.3, 0.4) is 0 Å². The van der Waals surface area contributed by atoms with Crippen molar-refractivity contribution >= 4 is 17.9 Å². The van der Waals surface area contributed by atoms with Gasteiger partial charge in [-0.05, 0) is 63.5 Å². The molecule has 7 heteroatoms. The van der Waals surface area contributed by atoms with E-state index in [1.54, 1.807) is 4.90 Å². The quantitative estimate of drug-likeness (QED) is 0.772. The van der Waals surface area contributed by atoms with Crippen molar-refractivity contribution < 1.29 is 23.9 Å². The van der Waals surface area contributed by atoms with E-state index in [4.69, 9.17) is 9.47 Å². The number of benzene rings is 1. The van der Waals surface area contributed by atoms with Crippen molar-refractivity contribution in [2.45, 2.75) is 69.7 Å². The number of likely N-dealkylation sites (tertiary alicyclic amines) is 1. The van der Waals surface area contributed by atoms with Gasteiger partial charge < -0.3 is 14.4 Å². The molecule has 0 saturated carbocycles. The van der Waals surface area contributed by atoms with Crippen molar-refractivity contribution in [2.24, 2.45) is 0 Å². The van der Waals surface area contributed by atoms with Gasteiger partial charge in [0.05, 0.1) is 0 Å². The first-order valence-corrected chi connectivity index (χ1v) is 10.3. The van der Waals surface area contributed by atoms with E-state index in [-0.39, 0.29) is 17.9 Å².